The number of carboxylic acids is 6. The van der Waals surface area contributed by atoms with Crippen LogP contribution in [0.2, 0.25) is 0 Å². The Balaban J connectivity index is -0.0000000817. The van der Waals surface area contributed by atoms with Crippen LogP contribution >= 0.6 is 0 Å². The molecule has 0 aromatic heterocycles. The summed E-state index contributed by atoms with van der Waals surface area (Å²) in [4.78, 5) is 56.5. The van der Waals surface area contributed by atoms with Gasteiger partial charge in [-0.05, 0) is 36.5 Å². The van der Waals surface area contributed by atoms with Crippen molar-refractivity contribution in [3.63, 3.8) is 0 Å². The zero-order valence-electron chi connectivity index (χ0n) is 12.1. The molecule has 0 saturated carbocycles. The number of hydrogen-bond acceptors (Lipinski definition) is 12. The van der Waals surface area contributed by atoms with Gasteiger partial charge in [-0.2, -0.15) is 0 Å². The molecule has 0 N–H and O–H groups in total. The predicted octanol–water partition coefficient (Wildman–Crippen LogP) is -8.88. The minimum atomic E-state index is -1.55. The number of rotatable bonds is 6. The van der Waals surface area contributed by atoms with Crippen LogP contribution in [0.3, 0.4) is 0 Å². The zero-order valence-corrected chi connectivity index (χ0v) is 14.3. The smallest absolute Gasteiger partial charge is 0.545 e. The molecule has 0 bridgehead atoms. The molecule has 2 radical (unpaired) electrons. The summed E-state index contributed by atoms with van der Waals surface area (Å²) in [6.45, 7) is 0. The minimum absolute atomic E-state index is 0. The summed E-state index contributed by atoms with van der Waals surface area (Å²) in [5.41, 5.74) is 0. The van der Waals surface area contributed by atoms with Gasteiger partial charge < -0.3 is 59.4 Å². The fourth-order valence-electron chi connectivity index (χ4n) is 0.408. The molecule has 26 heavy (non-hydrogen) atoms. The Morgan fingerprint density at radius 2 is 0.423 bits per heavy atom. The average Bonchev–Trinajstić information content (AvgIpc) is 2.42. The monoisotopic (exact) mass is 454 g/mol. The van der Waals surface area contributed by atoms with Crippen molar-refractivity contribution < 1.29 is 93.5 Å². The first-order chi connectivity index (χ1) is 10.9. The molecule has 0 unspecified atom stereocenters. The maximum absolute atomic E-state index is 9.41. The molecule has 14 heteroatoms. The third-order valence-corrected chi connectivity index (χ3v) is 1.07. The van der Waals surface area contributed by atoms with Gasteiger partial charge in [0.15, 0.2) is 0 Å². The molecule has 0 fully saturated rings. The Hall–Kier alpha value is -2.92. The first-order valence-corrected chi connectivity index (χ1v) is 5.18. The average molecular weight is 454 g/mol. The van der Waals surface area contributed by atoms with Crippen LogP contribution in [0.5, 0.6) is 0 Å². The second-order valence-electron chi connectivity index (χ2n) is 2.91. The van der Waals surface area contributed by atoms with E-state index in [-0.39, 0.29) is 34.1 Å². The Bertz CT molecular complexity index is 448. The number of hydrogen-bond donors (Lipinski definition) is 0. The van der Waals surface area contributed by atoms with E-state index in [1.165, 1.54) is 0 Å². The van der Waals surface area contributed by atoms with E-state index in [2.05, 4.69) is 0 Å². The molecule has 0 aliphatic heterocycles. The summed E-state index contributed by atoms with van der Waals surface area (Å²) < 4.78 is 0. The summed E-state index contributed by atoms with van der Waals surface area (Å²) in [7, 11) is 0. The molecular formula is C12H6Fe2O12. The van der Waals surface area contributed by atoms with E-state index in [4.69, 9.17) is 0 Å². The molecule has 0 rings (SSSR count). The predicted molar refractivity (Wildman–Crippen MR) is 57.5 cm³/mol. The molecule has 0 amide bonds. The van der Waals surface area contributed by atoms with Gasteiger partial charge in [0.2, 0.25) is 0 Å². The minimum Gasteiger partial charge on any atom is -0.545 e. The van der Waals surface area contributed by atoms with Crippen molar-refractivity contribution in [1.82, 2.24) is 0 Å². The van der Waals surface area contributed by atoms with E-state index in [0.717, 1.165) is 0 Å². The van der Waals surface area contributed by atoms with E-state index in [9.17, 15) is 59.4 Å². The van der Waals surface area contributed by atoms with Crippen LogP contribution in [0.1, 0.15) is 0 Å². The van der Waals surface area contributed by atoms with E-state index >= 15 is 0 Å². The van der Waals surface area contributed by atoms with Gasteiger partial charge in [0.05, 0.1) is 35.8 Å². The molecule has 0 aromatic carbocycles. The molecule has 0 saturated heterocycles. The quantitative estimate of drug-likeness (QED) is 0.268. The Morgan fingerprint density at radius 1 is 0.346 bits per heavy atom. The van der Waals surface area contributed by atoms with E-state index in [1.54, 1.807) is 0 Å². The molecule has 0 atom stereocenters. The molecule has 142 valence electrons. The van der Waals surface area contributed by atoms with Crippen molar-refractivity contribution in [1.29, 1.82) is 0 Å². The second-order valence-corrected chi connectivity index (χ2v) is 2.91. The molecule has 0 aromatic rings. The fourth-order valence-corrected chi connectivity index (χ4v) is 0.408. The molecule has 0 spiro atoms. The SMILES string of the molecule is O=C([O-])C=CC(=O)[O-].O=C([O-])C=CC(=O)[O-].O=C([O-])C=CC(=O)[O-].[Fe+3].[Fe+3]. The van der Waals surface area contributed by atoms with Crippen molar-refractivity contribution in [3.8, 4) is 0 Å². The summed E-state index contributed by atoms with van der Waals surface area (Å²) in [6, 6.07) is 0. The molecular weight excluding hydrogens is 448 g/mol. The van der Waals surface area contributed by atoms with Crippen LogP contribution in [-0.4, -0.2) is 35.8 Å². The van der Waals surface area contributed by atoms with Crippen molar-refractivity contribution in [2.75, 3.05) is 0 Å². The summed E-state index contributed by atoms with van der Waals surface area (Å²) in [5.74, 6) is -9.28. The van der Waals surface area contributed by atoms with E-state index in [0.29, 0.717) is 36.5 Å². The third-order valence-electron chi connectivity index (χ3n) is 1.07. The topological polar surface area (TPSA) is 241 Å². The summed E-state index contributed by atoms with van der Waals surface area (Å²) in [5, 5.41) is 56.5. The number of carboxylic acid groups (broad SMARTS) is 6. The Labute approximate surface area is 166 Å². The Morgan fingerprint density at radius 3 is 0.462 bits per heavy atom. The van der Waals surface area contributed by atoms with Crippen molar-refractivity contribution in [3.05, 3.63) is 36.5 Å². The van der Waals surface area contributed by atoms with Gasteiger partial charge in [-0.15, -0.1) is 0 Å². The molecule has 0 heterocycles. The van der Waals surface area contributed by atoms with Gasteiger partial charge >= 0.3 is 34.1 Å². The molecule has 12 nitrogen and oxygen atoms in total. The van der Waals surface area contributed by atoms with Crippen LogP contribution in [0.4, 0.5) is 0 Å². The van der Waals surface area contributed by atoms with Crippen LogP contribution in [-0.2, 0) is 62.9 Å². The van der Waals surface area contributed by atoms with Crippen LogP contribution in [0.15, 0.2) is 36.5 Å². The van der Waals surface area contributed by atoms with Crippen molar-refractivity contribution in [2.24, 2.45) is 0 Å². The second kappa shape index (κ2) is 22.1. The first kappa shape index (κ1) is 34.4. The first-order valence-electron chi connectivity index (χ1n) is 5.18. The fraction of sp³-hybridized carbons (Fsp3) is 0. The van der Waals surface area contributed by atoms with Crippen LogP contribution in [0.25, 0.3) is 0 Å². The third kappa shape index (κ3) is 58.2. The number of carbonyl (C=O) groups is 6. The molecule has 0 aliphatic rings. The summed E-state index contributed by atoms with van der Waals surface area (Å²) in [6.07, 6.45) is 2.31. The number of carbonyl (C=O) groups excluding carboxylic acids is 6. The summed E-state index contributed by atoms with van der Waals surface area (Å²) >= 11 is 0. The number of aliphatic carboxylic acids is 6. The van der Waals surface area contributed by atoms with E-state index in [1.807, 2.05) is 0 Å². The standard InChI is InChI=1S/3C4H4O4.2Fe/c3*5-3(6)1-2-4(7)8;;/h3*1-2H,(H,5,6)(H,7,8);;/q;;;2*+3/p-6. The Kier molecular flexibility index (Phi) is 29.2. The van der Waals surface area contributed by atoms with Gasteiger partial charge in [0.25, 0.3) is 0 Å². The van der Waals surface area contributed by atoms with Gasteiger partial charge in [0, 0.05) is 0 Å². The maximum atomic E-state index is 9.41. The van der Waals surface area contributed by atoms with Gasteiger partial charge in [-0.3, -0.25) is 0 Å². The van der Waals surface area contributed by atoms with E-state index < -0.39 is 35.8 Å². The molecule has 0 aliphatic carbocycles. The normalized spacial score (nSPS) is 8.77. The van der Waals surface area contributed by atoms with Crippen LogP contribution < -0.4 is 30.6 Å². The maximum Gasteiger partial charge on any atom is 3.00 e. The van der Waals surface area contributed by atoms with Gasteiger partial charge in [-0.25, -0.2) is 0 Å². The van der Waals surface area contributed by atoms with Gasteiger partial charge in [0.1, 0.15) is 0 Å². The largest absolute Gasteiger partial charge is 3.00 e. The van der Waals surface area contributed by atoms with Crippen LogP contribution in [0, 0.1) is 0 Å². The van der Waals surface area contributed by atoms with Crippen molar-refractivity contribution >= 4 is 35.8 Å². The zero-order chi connectivity index (χ0) is 19.7. The van der Waals surface area contributed by atoms with Gasteiger partial charge in [-0.1, -0.05) is 0 Å². The van der Waals surface area contributed by atoms with Crippen molar-refractivity contribution in [2.45, 2.75) is 0 Å².